The van der Waals surface area contributed by atoms with E-state index < -0.39 is 4.92 Å². The van der Waals surface area contributed by atoms with Crippen LogP contribution in [0.15, 0.2) is 12.1 Å². The van der Waals surface area contributed by atoms with Crippen LogP contribution in [0.2, 0.25) is 10.0 Å². The summed E-state index contributed by atoms with van der Waals surface area (Å²) in [7, 11) is 0. The molecule has 0 spiro atoms. The van der Waals surface area contributed by atoms with Gasteiger partial charge in [0, 0.05) is 25.0 Å². The van der Waals surface area contributed by atoms with Crippen LogP contribution in [0.3, 0.4) is 0 Å². The number of hydrogen-bond acceptors (Lipinski definition) is 4. The van der Waals surface area contributed by atoms with Gasteiger partial charge >= 0.3 is 5.69 Å². The fourth-order valence-corrected chi connectivity index (χ4v) is 2.13. The number of nitro groups is 1. The zero-order chi connectivity index (χ0) is 13.3. The van der Waals surface area contributed by atoms with Gasteiger partial charge in [-0.05, 0) is 6.42 Å². The molecule has 1 atom stereocenters. The van der Waals surface area contributed by atoms with Crippen molar-refractivity contribution in [1.82, 2.24) is 0 Å². The van der Waals surface area contributed by atoms with Crippen molar-refractivity contribution in [2.24, 2.45) is 0 Å². The van der Waals surface area contributed by atoms with Crippen molar-refractivity contribution in [3.63, 3.8) is 0 Å². The third-order valence-electron chi connectivity index (χ3n) is 2.69. The number of Topliss-reactive ketones (excluding diaryl/α,β-unsaturated/α-hetero) is 1. The number of rotatable bonds is 3. The van der Waals surface area contributed by atoms with E-state index >= 15 is 0 Å². The van der Waals surface area contributed by atoms with Gasteiger partial charge in [0.25, 0.3) is 0 Å². The normalized spacial score (nSPS) is 19.0. The average Bonchev–Trinajstić information content (AvgIpc) is 2.68. The summed E-state index contributed by atoms with van der Waals surface area (Å²) in [6, 6.07) is 2.46. The van der Waals surface area contributed by atoms with Crippen molar-refractivity contribution in [1.29, 1.82) is 0 Å². The Morgan fingerprint density at radius 2 is 2.00 bits per heavy atom. The van der Waals surface area contributed by atoms with E-state index in [4.69, 9.17) is 27.9 Å². The van der Waals surface area contributed by atoms with Gasteiger partial charge in [0.2, 0.25) is 0 Å². The number of ketones is 1. The molecular weight excluding hydrogens is 281 g/mol. The Bertz CT molecular complexity index is 518. The van der Waals surface area contributed by atoms with Gasteiger partial charge in [0.05, 0.1) is 15.0 Å². The molecule has 1 aromatic rings. The molecule has 1 aliphatic carbocycles. The van der Waals surface area contributed by atoms with Crippen LogP contribution in [0.25, 0.3) is 0 Å². The minimum Gasteiger partial charge on any atom is -0.483 e. The highest BCUT2D eigenvalue weighted by atomic mass is 35.5. The number of hydrogen-bond donors (Lipinski definition) is 0. The fourth-order valence-electron chi connectivity index (χ4n) is 1.82. The summed E-state index contributed by atoms with van der Waals surface area (Å²) >= 11 is 11.5. The number of ether oxygens (including phenoxy) is 1. The van der Waals surface area contributed by atoms with Crippen molar-refractivity contribution in [3.8, 4) is 5.75 Å². The average molecular weight is 290 g/mol. The Kier molecular flexibility index (Phi) is 3.73. The van der Waals surface area contributed by atoms with Gasteiger partial charge < -0.3 is 4.74 Å². The summed E-state index contributed by atoms with van der Waals surface area (Å²) in [4.78, 5) is 21.4. The first-order valence-electron chi connectivity index (χ1n) is 5.29. The van der Waals surface area contributed by atoms with E-state index in [-0.39, 0.29) is 39.8 Å². The summed E-state index contributed by atoms with van der Waals surface area (Å²) in [6.07, 6.45) is 0.960. The lowest BCUT2D eigenvalue weighted by Crippen LogP contribution is -2.13. The minimum absolute atomic E-state index is 0.0501. The second-order valence-electron chi connectivity index (χ2n) is 4.01. The monoisotopic (exact) mass is 289 g/mol. The number of carbonyl (C=O) groups is 1. The maximum Gasteiger partial charge on any atom is 0.312 e. The van der Waals surface area contributed by atoms with Crippen molar-refractivity contribution in [2.45, 2.75) is 25.4 Å². The molecule has 0 radical (unpaired) electrons. The Labute approximate surface area is 113 Å². The first-order chi connectivity index (χ1) is 8.47. The molecule has 0 saturated heterocycles. The summed E-state index contributed by atoms with van der Waals surface area (Å²) in [5, 5.41) is 11.2. The lowest BCUT2D eigenvalue weighted by molar-refractivity contribution is -0.386. The maximum atomic E-state index is 11.1. The van der Waals surface area contributed by atoms with E-state index in [1.54, 1.807) is 0 Å². The van der Waals surface area contributed by atoms with Gasteiger partial charge in [0.1, 0.15) is 11.9 Å². The van der Waals surface area contributed by atoms with Crippen LogP contribution in [0.1, 0.15) is 19.3 Å². The first kappa shape index (κ1) is 13.1. The molecule has 96 valence electrons. The standard InChI is InChI=1S/C11H9Cl2NO4/c12-8-4-10(14(16)17)11(5-9(8)13)18-7-2-1-6(15)3-7/h4-5,7H,1-3H2. The second kappa shape index (κ2) is 5.12. The van der Waals surface area contributed by atoms with E-state index in [1.165, 1.54) is 6.07 Å². The molecule has 0 aliphatic heterocycles. The quantitative estimate of drug-likeness (QED) is 0.632. The van der Waals surface area contributed by atoms with Crippen molar-refractivity contribution < 1.29 is 14.5 Å². The number of nitro benzene ring substituents is 1. The van der Waals surface area contributed by atoms with Gasteiger partial charge in [-0.15, -0.1) is 0 Å². The molecule has 7 heteroatoms. The third-order valence-corrected chi connectivity index (χ3v) is 3.41. The van der Waals surface area contributed by atoms with Crippen LogP contribution >= 0.6 is 23.2 Å². The van der Waals surface area contributed by atoms with Crippen LogP contribution in [0, 0.1) is 10.1 Å². The predicted octanol–water partition coefficient (Wildman–Crippen LogP) is 3.40. The molecule has 1 aliphatic rings. The van der Waals surface area contributed by atoms with E-state index in [1.807, 2.05) is 0 Å². The molecule has 1 unspecified atom stereocenters. The molecule has 0 amide bonds. The van der Waals surface area contributed by atoms with Crippen LogP contribution in [0.5, 0.6) is 5.75 Å². The van der Waals surface area contributed by atoms with Gasteiger partial charge in [-0.25, -0.2) is 0 Å². The second-order valence-corrected chi connectivity index (χ2v) is 4.83. The molecule has 1 fully saturated rings. The molecule has 0 N–H and O–H groups in total. The molecule has 18 heavy (non-hydrogen) atoms. The van der Waals surface area contributed by atoms with Gasteiger partial charge in [-0.1, -0.05) is 23.2 Å². The Balaban J connectivity index is 2.28. The van der Waals surface area contributed by atoms with Gasteiger partial charge in [-0.2, -0.15) is 0 Å². The van der Waals surface area contributed by atoms with E-state index in [0.717, 1.165) is 6.07 Å². The topological polar surface area (TPSA) is 69.4 Å². The molecule has 0 bridgehead atoms. The number of nitrogens with zero attached hydrogens (tertiary/aromatic N) is 1. The van der Waals surface area contributed by atoms with Crippen LogP contribution in [-0.4, -0.2) is 16.8 Å². The lowest BCUT2D eigenvalue weighted by Gasteiger charge is -2.13. The molecule has 1 saturated carbocycles. The molecular formula is C11H9Cl2NO4. The maximum absolute atomic E-state index is 11.1. The summed E-state index contributed by atoms with van der Waals surface area (Å²) in [5.74, 6) is 0.150. The molecule has 2 rings (SSSR count). The SMILES string of the molecule is O=C1CCC(Oc2cc(Cl)c(Cl)cc2[N+](=O)[O-])C1. The highest BCUT2D eigenvalue weighted by Crippen LogP contribution is 2.37. The highest BCUT2D eigenvalue weighted by Gasteiger charge is 2.27. The largest absolute Gasteiger partial charge is 0.483 e. The highest BCUT2D eigenvalue weighted by molar-refractivity contribution is 6.42. The summed E-state index contributed by atoms with van der Waals surface area (Å²) in [5.41, 5.74) is -0.247. The summed E-state index contributed by atoms with van der Waals surface area (Å²) < 4.78 is 5.47. The van der Waals surface area contributed by atoms with Crippen molar-refractivity contribution >= 4 is 34.7 Å². The van der Waals surface area contributed by atoms with Crippen LogP contribution in [-0.2, 0) is 4.79 Å². The van der Waals surface area contributed by atoms with E-state index in [9.17, 15) is 14.9 Å². The lowest BCUT2D eigenvalue weighted by atomic mass is 10.2. The number of halogens is 2. The van der Waals surface area contributed by atoms with Crippen molar-refractivity contribution in [2.75, 3.05) is 0 Å². The fraction of sp³-hybridized carbons (Fsp3) is 0.364. The van der Waals surface area contributed by atoms with Crippen LogP contribution in [0.4, 0.5) is 5.69 Å². The first-order valence-corrected chi connectivity index (χ1v) is 6.04. The molecule has 1 aromatic carbocycles. The van der Waals surface area contributed by atoms with Crippen LogP contribution < -0.4 is 4.74 Å². The zero-order valence-corrected chi connectivity index (χ0v) is 10.7. The van der Waals surface area contributed by atoms with E-state index in [2.05, 4.69) is 0 Å². The third kappa shape index (κ3) is 2.73. The zero-order valence-electron chi connectivity index (χ0n) is 9.19. The Morgan fingerprint density at radius 3 is 2.56 bits per heavy atom. The Morgan fingerprint density at radius 1 is 1.33 bits per heavy atom. The van der Waals surface area contributed by atoms with Gasteiger partial charge in [0.15, 0.2) is 5.75 Å². The minimum atomic E-state index is -0.589. The predicted molar refractivity (Wildman–Crippen MR) is 66.4 cm³/mol. The molecule has 0 aromatic heterocycles. The molecule has 0 heterocycles. The number of benzene rings is 1. The summed E-state index contributed by atoms with van der Waals surface area (Å²) in [6.45, 7) is 0. The Hall–Kier alpha value is -1.33. The smallest absolute Gasteiger partial charge is 0.312 e. The van der Waals surface area contributed by atoms with Crippen molar-refractivity contribution in [3.05, 3.63) is 32.3 Å². The van der Waals surface area contributed by atoms with Gasteiger partial charge in [-0.3, -0.25) is 14.9 Å². The van der Waals surface area contributed by atoms with E-state index in [0.29, 0.717) is 12.8 Å². The number of carbonyl (C=O) groups excluding carboxylic acids is 1. The molecule has 5 nitrogen and oxygen atoms in total.